The van der Waals surface area contributed by atoms with Crippen LogP contribution in [0.4, 0.5) is 4.79 Å². The Morgan fingerprint density at radius 3 is 2.30 bits per heavy atom. The van der Waals surface area contributed by atoms with Crippen molar-refractivity contribution in [2.75, 3.05) is 26.2 Å². The van der Waals surface area contributed by atoms with Crippen LogP contribution in [0.3, 0.4) is 0 Å². The highest BCUT2D eigenvalue weighted by Crippen LogP contribution is 2.23. The van der Waals surface area contributed by atoms with Crippen LogP contribution < -0.4 is 5.32 Å². The summed E-state index contributed by atoms with van der Waals surface area (Å²) in [7, 11) is 0. The molecular formula is C19H31N3O5. The maximum atomic E-state index is 12.4. The summed E-state index contributed by atoms with van der Waals surface area (Å²) in [5.74, 6) is -0.653. The lowest BCUT2D eigenvalue weighted by molar-refractivity contribution is -0.142. The largest absolute Gasteiger partial charge is 0.465 e. The van der Waals surface area contributed by atoms with Gasteiger partial charge in [-0.15, -0.1) is 0 Å². The van der Waals surface area contributed by atoms with Crippen molar-refractivity contribution >= 4 is 24.2 Å². The van der Waals surface area contributed by atoms with E-state index in [1.165, 1.54) is 29.1 Å². The Labute approximate surface area is 160 Å². The van der Waals surface area contributed by atoms with E-state index >= 15 is 0 Å². The van der Waals surface area contributed by atoms with Gasteiger partial charge in [-0.25, -0.2) is 4.79 Å². The van der Waals surface area contributed by atoms with E-state index in [1.54, 1.807) is 6.92 Å². The molecule has 0 bridgehead atoms. The molecule has 152 valence electrons. The summed E-state index contributed by atoms with van der Waals surface area (Å²) in [6, 6.07) is -0.814. The van der Waals surface area contributed by atoms with Gasteiger partial charge in [0, 0.05) is 26.2 Å². The minimum Gasteiger partial charge on any atom is -0.465 e. The van der Waals surface area contributed by atoms with Gasteiger partial charge in [0.2, 0.25) is 12.2 Å². The summed E-state index contributed by atoms with van der Waals surface area (Å²) < 4.78 is 0. The normalized spacial score (nSPS) is 20.0. The molecule has 2 fully saturated rings. The Morgan fingerprint density at radius 1 is 1.11 bits per heavy atom. The number of hydrogen-bond acceptors (Lipinski definition) is 4. The standard InChI is InChI=1S/C19H31N3O5/c1-14(17(24)18(25)20-11-15-5-3-2-4-6-15)22(13-23)12-16-7-9-21(10-8-16)19(26)27/h13-16H,2-12H2,1H3,(H,20,25)(H,26,27). The number of ketones is 1. The molecule has 0 radical (unpaired) electrons. The van der Waals surface area contributed by atoms with Gasteiger partial charge in [-0.1, -0.05) is 19.3 Å². The summed E-state index contributed by atoms with van der Waals surface area (Å²) in [4.78, 5) is 49.7. The second-order valence-corrected chi connectivity index (χ2v) is 7.77. The van der Waals surface area contributed by atoms with E-state index in [0.717, 1.165) is 12.8 Å². The molecule has 2 aliphatic rings. The monoisotopic (exact) mass is 381 g/mol. The van der Waals surface area contributed by atoms with E-state index in [9.17, 15) is 19.2 Å². The summed E-state index contributed by atoms with van der Waals surface area (Å²) >= 11 is 0. The summed E-state index contributed by atoms with van der Waals surface area (Å²) in [6.45, 7) is 3.31. The molecule has 27 heavy (non-hydrogen) atoms. The van der Waals surface area contributed by atoms with Crippen molar-refractivity contribution in [3.8, 4) is 0 Å². The van der Waals surface area contributed by atoms with Crippen molar-refractivity contribution in [2.45, 2.75) is 57.9 Å². The maximum absolute atomic E-state index is 12.4. The molecule has 2 rings (SSSR count). The number of piperidine rings is 1. The fraction of sp³-hybridized carbons (Fsp3) is 0.789. The van der Waals surface area contributed by atoms with Crippen molar-refractivity contribution in [3.05, 3.63) is 0 Å². The number of nitrogens with zero attached hydrogens (tertiary/aromatic N) is 2. The molecule has 0 aromatic heterocycles. The van der Waals surface area contributed by atoms with E-state index in [1.807, 2.05) is 0 Å². The highest BCUT2D eigenvalue weighted by atomic mass is 16.4. The zero-order valence-corrected chi connectivity index (χ0v) is 16.1. The van der Waals surface area contributed by atoms with Crippen LogP contribution in [-0.4, -0.2) is 71.3 Å². The predicted molar refractivity (Wildman–Crippen MR) is 99.1 cm³/mol. The summed E-state index contributed by atoms with van der Waals surface area (Å²) in [6.07, 6.45) is 6.71. The topological polar surface area (TPSA) is 107 Å². The highest BCUT2D eigenvalue weighted by molar-refractivity contribution is 6.38. The smallest absolute Gasteiger partial charge is 0.407 e. The lowest BCUT2D eigenvalue weighted by atomic mass is 9.89. The minimum atomic E-state index is -0.932. The molecular weight excluding hydrogens is 350 g/mol. The van der Waals surface area contributed by atoms with Crippen molar-refractivity contribution < 1.29 is 24.3 Å². The zero-order chi connectivity index (χ0) is 19.8. The third kappa shape index (κ3) is 6.22. The molecule has 1 heterocycles. The maximum Gasteiger partial charge on any atom is 0.407 e. The molecule has 1 saturated carbocycles. The number of amides is 3. The number of Topliss-reactive ketones (excluding diaryl/α,β-unsaturated/α-hetero) is 1. The van der Waals surface area contributed by atoms with Crippen molar-refractivity contribution in [1.82, 2.24) is 15.1 Å². The zero-order valence-electron chi connectivity index (χ0n) is 16.1. The number of carboxylic acid groups (broad SMARTS) is 1. The van der Waals surface area contributed by atoms with Crippen LogP contribution in [0.15, 0.2) is 0 Å². The number of hydrogen-bond donors (Lipinski definition) is 2. The van der Waals surface area contributed by atoms with Gasteiger partial charge >= 0.3 is 6.09 Å². The first-order valence-corrected chi connectivity index (χ1v) is 9.93. The molecule has 1 aliphatic heterocycles. The first-order valence-electron chi connectivity index (χ1n) is 9.93. The van der Waals surface area contributed by atoms with E-state index in [4.69, 9.17) is 5.11 Å². The van der Waals surface area contributed by atoms with Crippen LogP contribution >= 0.6 is 0 Å². The quantitative estimate of drug-likeness (QED) is 0.489. The average Bonchev–Trinajstić information content (AvgIpc) is 2.70. The van der Waals surface area contributed by atoms with Gasteiger partial charge in [0.05, 0.1) is 6.04 Å². The fourth-order valence-electron chi connectivity index (χ4n) is 3.95. The molecule has 0 aromatic carbocycles. The number of rotatable bonds is 8. The lowest BCUT2D eigenvalue weighted by Gasteiger charge is -2.34. The highest BCUT2D eigenvalue weighted by Gasteiger charge is 2.30. The SMILES string of the molecule is CC(C(=O)C(=O)NCC1CCCCC1)N(C=O)CC1CCN(C(=O)O)CC1. The Kier molecular flexibility index (Phi) is 8.06. The summed E-state index contributed by atoms with van der Waals surface area (Å²) in [5, 5.41) is 11.7. The molecule has 0 aromatic rings. The van der Waals surface area contributed by atoms with E-state index < -0.39 is 23.8 Å². The number of carbonyl (C=O) groups excluding carboxylic acids is 3. The van der Waals surface area contributed by atoms with Crippen LogP contribution in [0.25, 0.3) is 0 Å². The van der Waals surface area contributed by atoms with Gasteiger partial charge < -0.3 is 20.2 Å². The number of likely N-dealkylation sites (tertiary alicyclic amines) is 1. The molecule has 8 heteroatoms. The van der Waals surface area contributed by atoms with Gasteiger partial charge in [-0.3, -0.25) is 14.4 Å². The number of carbonyl (C=O) groups is 4. The molecule has 1 saturated heterocycles. The van der Waals surface area contributed by atoms with Gasteiger partial charge in [-0.2, -0.15) is 0 Å². The molecule has 3 amide bonds. The fourth-order valence-corrected chi connectivity index (χ4v) is 3.95. The first kappa shape index (κ1) is 21.2. The molecule has 8 nitrogen and oxygen atoms in total. The Balaban J connectivity index is 1.79. The first-order chi connectivity index (χ1) is 12.9. The summed E-state index contributed by atoms with van der Waals surface area (Å²) in [5.41, 5.74) is 0. The Bertz CT molecular complexity index is 539. The van der Waals surface area contributed by atoms with Crippen LogP contribution in [0, 0.1) is 11.8 Å². The predicted octanol–water partition coefficient (Wildman–Crippen LogP) is 1.49. The number of nitrogens with one attached hydrogen (secondary N) is 1. The van der Waals surface area contributed by atoms with Gasteiger partial charge in [-0.05, 0) is 44.4 Å². The van der Waals surface area contributed by atoms with Gasteiger partial charge in [0.25, 0.3) is 5.91 Å². The van der Waals surface area contributed by atoms with E-state index in [2.05, 4.69) is 5.32 Å². The molecule has 1 unspecified atom stereocenters. The van der Waals surface area contributed by atoms with E-state index in [-0.39, 0.29) is 5.92 Å². The average molecular weight is 381 g/mol. The third-order valence-corrected chi connectivity index (χ3v) is 5.87. The van der Waals surface area contributed by atoms with Crippen LogP contribution in [-0.2, 0) is 14.4 Å². The van der Waals surface area contributed by atoms with Crippen LogP contribution in [0.1, 0.15) is 51.9 Å². The molecule has 2 N–H and O–H groups in total. The van der Waals surface area contributed by atoms with Crippen molar-refractivity contribution in [3.63, 3.8) is 0 Å². The molecule has 1 atom stereocenters. The van der Waals surface area contributed by atoms with Crippen molar-refractivity contribution in [2.24, 2.45) is 11.8 Å². The molecule has 1 aliphatic carbocycles. The minimum absolute atomic E-state index is 0.131. The Hall–Kier alpha value is -2.12. The molecule has 0 spiro atoms. The van der Waals surface area contributed by atoms with Crippen LogP contribution in [0.2, 0.25) is 0 Å². The second kappa shape index (κ2) is 10.3. The van der Waals surface area contributed by atoms with Gasteiger partial charge in [0.15, 0.2) is 0 Å². The Morgan fingerprint density at radius 2 is 1.74 bits per heavy atom. The van der Waals surface area contributed by atoms with E-state index in [0.29, 0.717) is 51.3 Å². The third-order valence-electron chi connectivity index (χ3n) is 5.87. The van der Waals surface area contributed by atoms with Crippen molar-refractivity contribution in [1.29, 1.82) is 0 Å². The van der Waals surface area contributed by atoms with Crippen LogP contribution in [0.5, 0.6) is 0 Å². The second-order valence-electron chi connectivity index (χ2n) is 7.77. The lowest BCUT2D eigenvalue weighted by Crippen LogP contribution is -2.49. The van der Waals surface area contributed by atoms with Gasteiger partial charge in [0.1, 0.15) is 0 Å².